The van der Waals surface area contributed by atoms with Gasteiger partial charge < -0.3 is 4.90 Å². The second-order valence-corrected chi connectivity index (χ2v) is 5.74. The molecule has 21 heavy (non-hydrogen) atoms. The van der Waals surface area contributed by atoms with E-state index in [4.69, 9.17) is 0 Å². The van der Waals surface area contributed by atoms with E-state index in [1.54, 1.807) is 0 Å². The Morgan fingerprint density at radius 2 is 1.48 bits per heavy atom. The van der Waals surface area contributed by atoms with Crippen LogP contribution in [0.2, 0.25) is 0 Å². The highest BCUT2D eigenvalue weighted by atomic mass is 16.2. The van der Waals surface area contributed by atoms with Crippen molar-refractivity contribution in [3.05, 3.63) is 60.2 Å². The molecule has 1 heterocycles. The van der Waals surface area contributed by atoms with Crippen molar-refractivity contribution in [1.29, 1.82) is 0 Å². The van der Waals surface area contributed by atoms with E-state index < -0.39 is 0 Å². The third-order valence-electron chi connectivity index (χ3n) is 4.31. The molecule has 1 atom stereocenters. The lowest BCUT2D eigenvalue weighted by Crippen LogP contribution is -2.31. The van der Waals surface area contributed by atoms with Crippen LogP contribution in [0, 0.1) is 0 Å². The minimum Gasteiger partial charge on any atom is -0.342 e. The zero-order valence-corrected chi connectivity index (χ0v) is 12.5. The van der Waals surface area contributed by atoms with Crippen LogP contribution in [0.25, 0.3) is 11.1 Å². The number of hydrogen-bond donors (Lipinski definition) is 0. The van der Waals surface area contributed by atoms with Gasteiger partial charge in [-0.15, -0.1) is 0 Å². The van der Waals surface area contributed by atoms with Gasteiger partial charge in [0.05, 0.1) is 5.92 Å². The Hall–Kier alpha value is -2.09. The van der Waals surface area contributed by atoms with Gasteiger partial charge in [-0.2, -0.15) is 0 Å². The Morgan fingerprint density at radius 3 is 2.10 bits per heavy atom. The Labute approximate surface area is 126 Å². The molecule has 3 rings (SSSR count). The van der Waals surface area contributed by atoms with Gasteiger partial charge in [0.2, 0.25) is 5.91 Å². The van der Waals surface area contributed by atoms with Gasteiger partial charge in [-0.3, -0.25) is 4.79 Å². The van der Waals surface area contributed by atoms with E-state index in [9.17, 15) is 4.79 Å². The van der Waals surface area contributed by atoms with Crippen LogP contribution in [0.15, 0.2) is 54.6 Å². The average Bonchev–Trinajstić information content (AvgIpc) is 3.09. The molecule has 1 amide bonds. The fraction of sp³-hybridized carbons (Fsp3) is 0.316. The number of carbonyl (C=O) groups excluding carboxylic acids is 1. The Morgan fingerprint density at radius 1 is 0.905 bits per heavy atom. The molecule has 0 saturated carbocycles. The largest absolute Gasteiger partial charge is 0.342 e. The lowest BCUT2D eigenvalue weighted by atomic mass is 9.96. The molecule has 0 spiro atoms. The molecular weight excluding hydrogens is 258 g/mol. The number of likely N-dealkylation sites (tertiary alicyclic amines) is 1. The Kier molecular flexibility index (Phi) is 4.05. The molecule has 0 aromatic heterocycles. The van der Waals surface area contributed by atoms with E-state index in [1.807, 2.05) is 30.0 Å². The van der Waals surface area contributed by atoms with Crippen LogP contribution in [0.1, 0.15) is 31.2 Å². The first-order valence-electron chi connectivity index (χ1n) is 7.70. The van der Waals surface area contributed by atoms with E-state index in [-0.39, 0.29) is 11.8 Å². The SMILES string of the molecule is CC(C(=O)N1CCCC1)c1ccc(-c2ccccc2)cc1. The molecule has 1 aliphatic rings. The number of rotatable bonds is 3. The van der Waals surface area contributed by atoms with Gasteiger partial charge in [0.25, 0.3) is 0 Å². The smallest absolute Gasteiger partial charge is 0.229 e. The molecule has 1 unspecified atom stereocenters. The second kappa shape index (κ2) is 6.13. The van der Waals surface area contributed by atoms with Crippen molar-refractivity contribution < 1.29 is 4.79 Å². The molecule has 1 aliphatic heterocycles. The number of hydrogen-bond acceptors (Lipinski definition) is 1. The average molecular weight is 279 g/mol. The molecule has 1 fully saturated rings. The normalized spacial score (nSPS) is 16.0. The molecule has 2 heteroatoms. The molecular formula is C19H21NO. The summed E-state index contributed by atoms with van der Waals surface area (Å²) in [7, 11) is 0. The molecule has 0 radical (unpaired) electrons. The fourth-order valence-electron chi connectivity index (χ4n) is 2.95. The summed E-state index contributed by atoms with van der Waals surface area (Å²) in [5.41, 5.74) is 3.51. The first-order valence-corrected chi connectivity index (χ1v) is 7.70. The minimum atomic E-state index is -0.0482. The zero-order chi connectivity index (χ0) is 14.7. The van der Waals surface area contributed by atoms with E-state index in [0.29, 0.717) is 0 Å². The van der Waals surface area contributed by atoms with Gasteiger partial charge in [0.15, 0.2) is 0 Å². The molecule has 0 bridgehead atoms. The monoisotopic (exact) mass is 279 g/mol. The van der Waals surface area contributed by atoms with Gasteiger partial charge in [0, 0.05) is 13.1 Å². The molecule has 2 aromatic carbocycles. The predicted molar refractivity (Wildman–Crippen MR) is 86.1 cm³/mol. The zero-order valence-electron chi connectivity index (χ0n) is 12.5. The van der Waals surface area contributed by atoms with E-state index >= 15 is 0 Å². The quantitative estimate of drug-likeness (QED) is 0.829. The third kappa shape index (κ3) is 2.99. The first kappa shape index (κ1) is 13.9. The third-order valence-corrected chi connectivity index (χ3v) is 4.31. The predicted octanol–water partition coefficient (Wildman–Crippen LogP) is 4.08. The minimum absolute atomic E-state index is 0.0482. The summed E-state index contributed by atoms with van der Waals surface area (Å²) in [6, 6.07) is 18.7. The molecule has 2 aromatic rings. The molecule has 0 aliphatic carbocycles. The van der Waals surface area contributed by atoms with E-state index in [0.717, 1.165) is 31.5 Å². The lowest BCUT2D eigenvalue weighted by Gasteiger charge is -2.20. The first-order chi connectivity index (χ1) is 10.3. The molecule has 0 N–H and O–H groups in total. The van der Waals surface area contributed by atoms with Gasteiger partial charge >= 0.3 is 0 Å². The Bertz CT molecular complexity index is 597. The van der Waals surface area contributed by atoms with Crippen molar-refractivity contribution >= 4 is 5.91 Å². The van der Waals surface area contributed by atoms with Crippen LogP contribution in [0.5, 0.6) is 0 Å². The van der Waals surface area contributed by atoms with Gasteiger partial charge in [-0.05, 0) is 36.5 Å². The van der Waals surface area contributed by atoms with Crippen molar-refractivity contribution in [2.24, 2.45) is 0 Å². The maximum Gasteiger partial charge on any atom is 0.229 e. The lowest BCUT2D eigenvalue weighted by molar-refractivity contribution is -0.131. The molecule has 1 saturated heterocycles. The molecule has 2 nitrogen and oxygen atoms in total. The van der Waals surface area contributed by atoms with Crippen LogP contribution in [-0.2, 0) is 4.79 Å². The van der Waals surface area contributed by atoms with Crippen molar-refractivity contribution in [3.63, 3.8) is 0 Å². The Balaban J connectivity index is 1.76. The summed E-state index contributed by atoms with van der Waals surface area (Å²) < 4.78 is 0. The van der Waals surface area contributed by atoms with E-state index in [1.165, 1.54) is 11.1 Å². The topological polar surface area (TPSA) is 20.3 Å². The molecule has 108 valence electrons. The number of carbonyl (C=O) groups is 1. The number of benzene rings is 2. The van der Waals surface area contributed by atoms with Gasteiger partial charge in [-0.25, -0.2) is 0 Å². The van der Waals surface area contributed by atoms with Crippen LogP contribution in [-0.4, -0.2) is 23.9 Å². The summed E-state index contributed by atoms with van der Waals surface area (Å²) in [6.07, 6.45) is 2.29. The summed E-state index contributed by atoms with van der Waals surface area (Å²) in [4.78, 5) is 14.4. The highest BCUT2D eigenvalue weighted by Gasteiger charge is 2.24. The fourth-order valence-corrected chi connectivity index (χ4v) is 2.95. The standard InChI is InChI=1S/C19H21NO/c1-15(19(21)20-13-5-6-14-20)16-9-11-18(12-10-16)17-7-3-2-4-8-17/h2-4,7-12,15H,5-6,13-14H2,1H3. The van der Waals surface area contributed by atoms with Crippen molar-refractivity contribution in [1.82, 2.24) is 4.90 Å². The van der Waals surface area contributed by atoms with Crippen molar-refractivity contribution in [3.8, 4) is 11.1 Å². The highest BCUT2D eigenvalue weighted by Crippen LogP contribution is 2.24. The van der Waals surface area contributed by atoms with Crippen molar-refractivity contribution in [2.75, 3.05) is 13.1 Å². The maximum atomic E-state index is 12.4. The summed E-state index contributed by atoms with van der Waals surface area (Å²) in [5, 5.41) is 0. The van der Waals surface area contributed by atoms with Gasteiger partial charge in [-0.1, -0.05) is 54.6 Å². The van der Waals surface area contributed by atoms with Crippen LogP contribution in [0.4, 0.5) is 0 Å². The number of nitrogens with zero attached hydrogens (tertiary/aromatic N) is 1. The van der Waals surface area contributed by atoms with Crippen LogP contribution in [0.3, 0.4) is 0 Å². The van der Waals surface area contributed by atoms with E-state index in [2.05, 4.69) is 36.4 Å². The van der Waals surface area contributed by atoms with Crippen LogP contribution >= 0.6 is 0 Å². The van der Waals surface area contributed by atoms with Gasteiger partial charge in [0.1, 0.15) is 0 Å². The summed E-state index contributed by atoms with van der Waals surface area (Å²) in [6.45, 7) is 3.86. The number of amides is 1. The summed E-state index contributed by atoms with van der Waals surface area (Å²) in [5.74, 6) is 0.216. The highest BCUT2D eigenvalue weighted by molar-refractivity contribution is 5.83. The summed E-state index contributed by atoms with van der Waals surface area (Å²) >= 11 is 0. The van der Waals surface area contributed by atoms with Crippen LogP contribution < -0.4 is 0 Å². The van der Waals surface area contributed by atoms with Crippen molar-refractivity contribution in [2.45, 2.75) is 25.7 Å². The second-order valence-electron chi connectivity index (χ2n) is 5.74. The maximum absolute atomic E-state index is 12.4.